The normalized spacial score (nSPS) is 12.6. The molecule has 3 aromatic rings. The highest BCUT2D eigenvalue weighted by atomic mass is 32.1. The summed E-state index contributed by atoms with van der Waals surface area (Å²) in [6, 6.07) is 11.4. The summed E-state index contributed by atoms with van der Waals surface area (Å²) in [6.07, 6.45) is 1.73. The van der Waals surface area contributed by atoms with Crippen molar-refractivity contribution in [3.8, 4) is 11.3 Å². The van der Waals surface area contributed by atoms with Crippen LogP contribution in [-0.4, -0.2) is 11.1 Å². The Morgan fingerprint density at radius 2 is 2.05 bits per heavy atom. The molecule has 2 heterocycles. The molecule has 4 nitrogen and oxygen atoms in total. The smallest absolute Gasteiger partial charge is 0.278 e. The second-order valence-corrected chi connectivity index (χ2v) is 5.92. The van der Waals surface area contributed by atoms with E-state index in [2.05, 4.69) is 10.5 Å². The summed E-state index contributed by atoms with van der Waals surface area (Å²) in [5, 5.41) is 8.89. The van der Waals surface area contributed by atoms with Gasteiger partial charge in [-0.1, -0.05) is 23.4 Å². The highest BCUT2D eigenvalue weighted by molar-refractivity contribution is 7.10. The van der Waals surface area contributed by atoms with Crippen molar-refractivity contribution in [1.29, 1.82) is 0 Å². The number of nitrogens with zero attached hydrogens (tertiary/aromatic N) is 1. The van der Waals surface area contributed by atoms with Crippen LogP contribution < -0.4 is 5.32 Å². The Kier molecular flexibility index (Phi) is 2.86. The molecule has 0 unspecified atom stereocenters. The standard InChI is InChI=1S/C16H12N2O2S/c19-16(17-10-4-2-1-3-5-10)14-12-6-7-13-11(8-9-21-13)15(12)20-18-14/h1-5,8-9H,6-7H2,(H,17,19). The number of carbonyl (C=O) groups is 1. The van der Waals surface area contributed by atoms with Crippen molar-refractivity contribution in [3.05, 3.63) is 57.9 Å². The number of aryl methyl sites for hydroxylation is 1. The molecule has 5 heteroatoms. The maximum Gasteiger partial charge on any atom is 0.278 e. The van der Waals surface area contributed by atoms with Crippen LogP contribution in [0.5, 0.6) is 0 Å². The first kappa shape index (κ1) is 12.3. The van der Waals surface area contributed by atoms with Gasteiger partial charge in [-0.05, 0) is 36.4 Å². The van der Waals surface area contributed by atoms with Crippen LogP contribution in [-0.2, 0) is 12.8 Å². The molecule has 0 fully saturated rings. The summed E-state index contributed by atoms with van der Waals surface area (Å²) in [5.41, 5.74) is 3.14. The third-order valence-electron chi connectivity index (χ3n) is 3.63. The van der Waals surface area contributed by atoms with E-state index in [1.165, 1.54) is 4.88 Å². The first-order chi connectivity index (χ1) is 10.3. The molecule has 0 atom stereocenters. The third kappa shape index (κ3) is 2.06. The van der Waals surface area contributed by atoms with Gasteiger partial charge >= 0.3 is 0 Å². The number of thiophene rings is 1. The molecule has 1 amide bonds. The lowest BCUT2D eigenvalue weighted by molar-refractivity contribution is 0.101. The van der Waals surface area contributed by atoms with E-state index >= 15 is 0 Å². The Balaban J connectivity index is 1.67. The largest absolute Gasteiger partial charge is 0.355 e. The number of anilines is 1. The molecule has 21 heavy (non-hydrogen) atoms. The average molecular weight is 296 g/mol. The van der Waals surface area contributed by atoms with Gasteiger partial charge in [-0.2, -0.15) is 0 Å². The van der Waals surface area contributed by atoms with Gasteiger partial charge in [-0.25, -0.2) is 0 Å². The summed E-state index contributed by atoms with van der Waals surface area (Å²) in [6.45, 7) is 0. The van der Waals surface area contributed by atoms with E-state index in [1.807, 2.05) is 41.8 Å². The molecule has 104 valence electrons. The Morgan fingerprint density at radius 1 is 1.19 bits per heavy atom. The number of carbonyl (C=O) groups excluding carboxylic acids is 1. The van der Waals surface area contributed by atoms with Crippen molar-refractivity contribution >= 4 is 22.9 Å². The summed E-state index contributed by atoms with van der Waals surface area (Å²) < 4.78 is 5.43. The number of hydrogen-bond donors (Lipinski definition) is 1. The van der Waals surface area contributed by atoms with Gasteiger partial charge in [0.2, 0.25) is 0 Å². The summed E-state index contributed by atoms with van der Waals surface area (Å²) in [7, 11) is 0. The molecule has 1 aliphatic rings. The van der Waals surface area contributed by atoms with Crippen LogP contribution in [0.4, 0.5) is 5.69 Å². The average Bonchev–Trinajstić information content (AvgIpc) is 3.14. The van der Waals surface area contributed by atoms with Gasteiger partial charge < -0.3 is 9.84 Å². The van der Waals surface area contributed by atoms with Crippen molar-refractivity contribution in [2.75, 3.05) is 5.32 Å². The van der Waals surface area contributed by atoms with Crippen LogP contribution in [0, 0.1) is 0 Å². The number of para-hydroxylation sites is 1. The maximum atomic E-state index is 12.4. The van der Waals surface area contributed by atoms with Gasteiger partial charge in [-0.3, -0.25) is 4.79 Å². The third-order valence-corrected chi connectivity index (χ3v) is 4.61. The Bertz CT molecular complexity index is 805. The second kappa shape index (κ2) is 4.86. The summed E-state index contributed by atoms with van der Waals surface area (Å²) in [5.74, 6) is 0.528. The predicted octanol–water partition coefficient (Wildman–Crippen LogP) is 3.75. The monoisotopic (exact) mass is 296 g/mol. The van der Waals surface area contributed by atoms with E-state index in [4.69, 9.17) is 4.52 Å². The topological polar surface area (TPSA) is 55.1 Å². The first-order valence-electron chi connectivity index (χ1n) is 6.74. The van der Waals surface area contributed by atoms with Crippen LogP contribution in [0.2, 0.25) is 0 Å². The van der Waals surface area contributed by atoms with E-state index < -0.39 is 0 Å². The van der Waals surface area contributed by atoms with Crippen molar-refractivity contribution in [2.45, 2.75) is 12.8 Å². The fourth-order valence-electron chi connectivity index (χ4n) is 2.62. The zero-order valence-corrected chi connectivity index (χ0v) is 11.9. The molecule has 0 saturated carbocycles. The number of benzene rings is 1. The van der Waals surface area contributed by atoms with Crippen molar-refractivity contribution in [1.82, 2.24) is 5.16 Å². The van der Waals surface area contributed by atoms with Crippen LogP contribution in [0.3, 0.4) is 0 Å². The number of nitrogens with one attached hydrogen (secondary N) is 1. The fraction of sp³-hybridized carbons (Fsp3) is 0.125. The summed E-state index contributed by atoms with van der Waals surface area (Å²) in [4.78, 5) is 13.7. The molecule has 1 aromatic carbocycles. The number of hydrogen-bond acceptors (Lipinski definition) is 4. The number of rotatable bonds is 2. The Morgan fingerprint density at radius 3 is 2.90 bits per heavy atom. The van der Waals surface area contributed by atoms with E-state index in [0.29, 0.717) is 5.69 Å². The van der Waals surface area contributed by atoms with Crippen molar-refractivity contribution < 1.29 is 9.32 Å². The van der Waals surface area contributed by atoms with Crippen LogP contribution in [0.15, 0.2) is 46.3 Å². The molecular formula is C16H12N2O2S. The molecule has 1 aliphatic carbocycles. The highest BCUT2D eigenvalue weighted by Gasteiger charge is 2.28. The van der Waals surface area contributed by atoms with Gasteiger partial charge in [-0.15, -0.1) is 11.3 Å². The van der Waals surface area contributed by atoms with Crippen LogP contribution >= 0.6 is 11.3 Å². The number of amides is 1. The van der Waals surface area contributed by atoms with Gasteiger partial charge in [0.25, 0.3) is 5.91 Å². The lowest BCUT2D eigenvalue weighted by Gasteiger charge is -2.10. The quantitative estimate of drug-likeness (QED) is 0.783. The fourth-order valence-corrected chi connectivity index (χ4v) is 3.49. The van der Waals surface area contributed by atoms with E-state index in [0.717, 1.165) is 35.4 Å². The zero-order chi connectivity index (χ0) is 14.2. The highest BCUT2D eigenvalue weighted by Crippen LogP contribution is 2.38. The van der Waals surface area contributed by atoms with E-state index in [-0.39, 0.29) is 5.91 Å². The van der Waals surface area contributed by atoms with E-state index in [1.54, 1.807) is 11.3 Å². The molecule has 0 saturated heterocycles. The second-order valence-electron chi connectivity index (χ2n) is 4.92. The van der Waals surface area contributed by atoms with Gasteiger partial charge in [0.05, 0.1) is 0 Å². The molecule has 0 radical (unpaired) electrons. The predicted molar refractivity (Wildman–Crippen MR) is 81.6 cm³/mol. The minimum atomic E-state index is -0.218. The molecule has 0 aliphatic heterocycles. The van der Waals surface area contributed by atoms with Crippen molar-refractivity contribution in [2.24, 2.45) is 0 Å². The van der Waals surface area contributed by atoms with Crippen LogP contribution in [0.1, 0.15) is 20.9 Å². The van der Waals surface area contributed by atoms with E-state index in [9.17, 15) is 4.79 Å². The number of aromatic nitrogens is 1. The maximum absolute atomic E-state index is 12.4. The SMILES string of the molecule is O=C(Nc1ccccc1)c1noc2c1CCc1sccc1-2. The van der Waals surface area contributed by atoms with Gasteiger partial charge in [0.15, 0.2) is 11.5 Å². The summed E-state index contributed by atoms with van der Waals surface area (Å²) >= 11 is 1.72. The van der Waals surface area contributed by atoms with Crippen LogP contribution in [0.25, 0.3) is 11.3 Å². The molecular weight excluding hydrogens is 284 g/mol. The lowest BCUT2D eigenvalue weighted by Crippen LogP contribution is -2.15. The molecule has 0 spiro atoms. The minimum absolute atomic E-state index is 0.218. The molecule has 1 N–H and O–H groups in total. The minimum Gasteiger partial charge on any atom is -0.355 e. The first-order valence-corrected chi connectivity index (χ1v) is 7.62. The molecule has 4 rings (SSSR count). The van der Waals surface area contributed by atoms with Gasteiger partial charge in [0.1, 0.15) is 0 Å². The lowest BCUT2D eigenvalue weighted by atomic mass is 9.95. The van der Waals surface area contributed by atoms with Crippen molar-refractivity contribution in [3.63, 3.8) is 0 Å². The molecule has 0 bridgehead atoms. The molecule has 2 aromatic heterocycles. The Labute approximate surface area is 125 Å². The number of fused-ring (bicyclic) bond motifs is 3. The Hall–Kier alpha value is -2.40. The van der Waals surface area contributed by atoms with Gasteiger partial charge in [0, 0.05) is 21.7 Å². The zero-order valence-electron chi connectivity index (χ0n) is 11.1.